The minimum atomic E-state index is -4.32. The molecule has 37 heavy (non-hydrogen) atoms. The Morgan fingerprint density at radius 2 is 1.59 bits per heavy atom. The Morgan fingerprint density at radius 1 is 1.00 bits per heavy atom. The van der Waals surface area contributed by atoms with Gasteiger partial charge in [-0.25, -0.2) is 8.42 Å². The van der Waals surface area contributed by atoms with Crippen molar-refractivity contribution in [2.24, 2.45) is 0 Å². The number of nitrogens with zero attached hydrogens (tertiary/aromatic N) is 2. The number of hydrogen-bond donors (Lipinski definition) is 0. The van der Waals surface area contributed by atoms with Gasteiger partial charge in [0.2, 0.25) is 0 Å². The summed E-state index contributed by atoms with van der Waals surface area (Å²) >= 11 is 0. The molecule has 0 bridgehead atoms. The van der Waals surface area contributed by atoms with E-state index in [1.54, 1.807) is 25.7 Å². The molecule has 2 aliphatic rings. The molecule has 0 saturated carbocycles. The number of piperidine rings is 1. The normalized spacial score (nSPS) is 21.2. The highest BCUT2D eigenvalue weighted by Crippen LogP contribution is 2.39. The highest BCUT2D eigenvalue weighted by atomic mass is 32.2. The Kier molecular flexibility index (Phi) is 7.49. The molecule has 1 unspecified atom stereocenters. The molecule has 0 radical (unpaired) electrons. The van der Waals surface area contributed by atoms with Crippen LogP contribution in [0.1, 0.15) is 55.6 Å². The van der Waals surface area contributed by atoms with Gasteiger partial charge in [0.15, 0.2) is 9.84 Å². The Balaban J connectivity index is 1.47. The van der Waals surface area contributed by atoms with Crippen LogP contribution in [0, 0.1) is 0 Å². The van der Waals surface area contributed by atoms with E-state index < -0.39 is 39.0 Å². The van der Waals surface area contributed by atoms with Crippen LogP contribution in [0.4, 0.5) is 13.2 Å². The van der Waals surface area contributed by atoms with E-state index in [4.69, 9.17) is 4.74 Å². The van der Waals surface area contributed by atoms with Crippen molar-refractivity contribution in [2.75, 3.05) is 32.7 Å². The summed E-state index contributed by atoms with van der Waals surface area (Å²) in [4.78, 5) is 16.4. The van der Waals surface area contributed by atoms with Gasteiger partial charge in [-0.15, -0.1) is 0 Å². The van der Waals surface area contributed by atoms with Gasteiger partial charge >= 0.3 is 6.18 Å². The second kappa shape index (κ2) is 10.0. The Hall–Kier alpha value is -2.43. The third-order valence-corrected chi connectivity index (χ3v) is 9.59. The van der Waals surface area contributed by atoms with Crippen LogP contribution in [0.25, 0.3) is 0 Å². The molecule has 0 aromatic heterocycles. The maximum absolute atomic E-state index is 13.3. The summed E-state index contributed by atoms with van der Waals surface area (Å²) in [5.74, 6) is -0.239. The first-order chi connectivity index (χ1) is 17.2. The van der Waals surface area contributed by atoms with E-state index in [1.165, 1.54) is 29.2 Å². The van der Waals surface area contributed by atoms with Gasteiger partial charge in [0.05, 0.1) is 27.9 Å². The molecule has 6 nitrogen and oxygen atoms in total. The average molecular weight is 539 g/mol. The predicted octanol–water partition coefficient (Wildman–Crippen LogP) is 4.87. The molecular weight excluding hydrogens is 505 g/mol. The van der Waals surface area contributed by atoms with E-state index in [9.17, 15) is 26.4 Å². The lowest BCUT2D eigenvalue weighted by Crippen LogP contribution is -2.59. The molecule has 1 atom stereocenters. The first-order valence-corrected chi connectivity index (χ1v) is 13.8. The monoisotopic (exact) mass is 538 g/mol. The van der Waals surface area contributed by atoms with Gasteiger partial charge in [-0.2, -0.15) is 13.2 Å². The molecule has 2 heterocycles. The van der Waals surface area contributed by atoms with Gasteiger partial charge in [0.1, 0.15) is 0 Å². The topological polar surface area (TPSA) is 66.9 Å². The summed E-state index contributed by atoms with van der Waals surface area (Å²) in [6.45, 7) is 4.83. The molecule has 2 aromatic carbocycles. The van der Waals surface area contributed by atoms with E-state index in [2.05, 4.69) is 0 Å². The molecule has 1 spiro atoms. The summed E-state index contributed by atoms with van der Waals surface area (Å²) < 4.78 is 70.6. The van der Waals surface area contributed by atoms with Crippen LogP contribution in [0.5, 0.6) is 0 Å². The minimum Gasteiger partial charge on any atom is -0.364 e. The standard InChI is InChI=1S/C27H33F3N2O4S/c1-25(2,3)37(34,35)22-11-9-21(10-12-22)24(33)32-15-13-26(14-16-32)18-31(19-27(28,29)30)17-23(36-26)20-7-5-4-6-8-20/h4-12,23H,13-19H2,1-3H3. The first kappa shape index (κ1) is 27.6. The van der Waals surface area contributed by atoms with Crippen LogP contribution in [0.15, 0.2) is 59.5 Å². The summed E-state index contributed by atoms with van der Waals surface area (Å²) in [7, 11) is -3.54. The van der Waals surface area contributed by atoms with Crippen molar-refractivity contribution in [1.82, 2.24) is 9.80 Å². The number of rotatable bonds is 4. The number of amides is 1. The molecule has 2 saturated heterocycles. The number of hydrogen-bond acceptors (Lipinski definition) is 5. The highest BCUT2D eigenvalue weighted by Gasteiger charge is 2.46. The summed E-state index contributed by atoms with van der Waals surface area (Å²) in [6.07, 6.45) is -3.99. The number of carbonyl (C=O) groups excluding carboxylic acids is 1. The number of benzene rings is 2. The zero-order chi connectivity index (χ0) is 27.1. The third kappa shape index (κ3) is 6.18. The second-order valence-corrected chi connectivity index (χ2v) is 13.6. The fraction of sp³-hybridized carbons (Fsp3) is 0.519. The highest BCUT2D eigenvalue weighted by molar-refractivity contribution is 7.92. The molecule has 2 fully saturated rings. The van der Waals surface area contributed by atoms with Gasteiger partial charge in [0.25, 0.3) is 5.91 Å². The quantitative estimate of drug-likeness (QED) is 0.556. The number of sulfone groups is 1. The number of ether oxygens (including phenoxy) is 1. The van der Waals surface area contributed by atoms with E-state index in [-0.39, 0.29) is 23.9 Å². The Morgan fingerprint density at radius 3 is 2.14 bits per heavy atom. The molecule has 2 aromatic rings. The minimum absolute atomic E-state index is 0.150. The first-order valence-electron chi connectivity index (χ1n) is 12.4. The van der Waals surface area contributed by atoms with E-state index in [0.29, 0.717) is 31.5 Å². The molecule has 202 valence electrons. The van der Waals surface area contributed by atoms with Crippen LogP contribution in [0.2, 0.25) is 0 Å². The van der Waals surface area contributed by atoms with Crippen molar-refractivity contribution in [3.05, 3.63) is 65.7 Å². The zero-order valence-corrected chi connectivity index (χ0v) is 22.1. The van der Waals surface area contributed by atoms with Gasteiger partial charge in [-0.05, 0) is 63.4 Å². The Labute approximate surface area is 216 Å². The lowest BCUT2D eigenvalue weighted by Gasteiger charge is -2.50. The number of likely N-dealkylation sites (tertiary alicyclic amines) is 1. The van der Waals surface area contributed by atoms with Crippen molar-refractivity contribution in [1.29, 1.82) is 0 Å². The summed E-state index contributed by atoms with van der Waals surface area (Å²) in [5.41, 5.74) is 0.414. The second-order valence-electron chi connectivity index (χ2n) is 10.9. The van der Waals surface area contributed by atoms with Gasteiger partial charge in [-0.1, -0.05) is 30.3 Å². The van der Waals surface area contributed by atoms with Gasteiger partial charge in [-0.3, -0.25) is 9.69 Å². The van der Waals surface area contributed by atoms with Gasteiger partial charge < -0.3 is 9.64 Å². The maximum Gasteiger partial charge on any atom is 0.401 e. The van der Waals surface area contributed by atoms with Crippen molar-refractivity contribution in [3.63, 3.8) is 0 Å². The van der Waals surface area contributed by atoms with Gasteiger partial charge in [0, 0.05) is 31.7 Å². The lowest BCUT2D eigenvalue weighted by molar-refractivity contribution is -0.205. The SMILES string of the molecule is CC(C)(C)S(=O)(=O)c1ccc(C(=O)N2CCC3(CC2)CN(CC(F)(F)F)CC(c2ccccc2)O3)cc1. The van der Waals surface area contributed by atoms with Crippen molar-refractivity contribution < 1.29 is 31.1 Å². The van der Waals surface area contributed by atoms with Crippen LogP contribution < -0.4 is 0 Å². The summed E-state index contributed by atoms with van der Waals surface area (Å²) in [6, 6.07) is 15.2. The van der Waals surface area contributed by atoms with Crippen molar-refractivity contribution >= 4 is 15.7 Å². The third-order valence-electron chi connectivity index (χ3n) is 7.08. The molecule has 1 amide bonds. The molecule has 10 heteroatoms. The fourth-order valence-corrected chi connectivity index (χ4v) is 6.21. The predicted molar refractivity (Wildman–Crippen MR) is 134 cm³/mol. The average Bonchev–Trinajstić information content (AvgIpc) is 2.83. The molecule has 2 aliphatic heterocycles. The van der Waals surface area contributed by atoms with Crippen LogP contribution in [-0.2, 0) is 14.6 Å². The van der Waals surface area contributed by atoms with E-state index in [1.807, 2.05) is 30.3 Å². The van der Waals surface area contributed by atoms with Crippen LogP contribution >= 0.6 is 0 Å². The Bertz CT molecular complexity index is 1200. The zero-order valence-electron chi connectivity index (χ0n) is 21.3. The molecular formula is C27H33F3N2O4S. The van der Waals surface area contributed by atoms with E-state index >= 15 is 0 Å². The van der Waals surface area contributed by atoms with Crippen LogP contribution in [-0.4, -0.2) is 73.4 Å². The molecule has 0 aliphatic carbocycles. The van der Waals surface area contributed by atoms with Crippen molar-refractivity contribution in [3.8, 4) is 0 Å². The molecule has 4 rings (SSSR count). The largest absolute Gasteiger partial charge is 0.401 e. The number of halogens is 3. The lowest BCUT2D eigenvalue weighted by atomic mass is 9.87. The smallest absolute Gasteiger partial charge is 0.364 e. The fourth-order valence-electron chi connectivity index (χ4n) is 5.00. The number of alkyl halides is 3. The number of carbonyl (C=O) groups is 1. The van der Waals surface area contributed by atoms with Crippen LogP contribution in [0.3, 0.4) is 0 Å². The molecule has 0 N–H and O–H groups in total. The van der Waals surface area contributed by atoms with Crippen molar-refractivity contribution in [2.45, 2.75) is 61.1 Å². The summed E-state index contributed by atoms with van der Waals surface area (Å²) in [5, 5.41) is 0. The maximum atomic E-state index is 13.3. The van der Waals surface area contributed by atoms with E-state index in [0.717, 1.165) is 5.56 Å². The number of morpholine rings is 1.